The lowest BCUT2D eigenvalue weighted by Gasteiger charge is -2.21. The molecule has 2 heterocycles. The van der Waals surface area contributed by atoms with Crippen LogP contribution in [0.5, 0.6) is 0 Å². The van der Waals surface area contributed by atoms with E-state index in [1.54, 1.807) is 0 Å². The van der Waals surface area contributed by atoms with Gasteiger partial charge >= 0.3 is 6.18 Å². The number of fused-ring (bicyclic) bond motifs is 1. The van der Waals surface area contributed by atoms with Crippen molar-refractivity contribution in [3.8, 4) is 0 Å². The van der Waals surface area contributed by atoms with E-state index in [9.17, 15) is 18.0 Å². The molecule has 1 aliphatic carbocycles. The van der Waals surface area contributed by atoms with E-state index in [-0.39, 0.29) is 23.7 Å². The highest BCUT2D eigenvalue weighted by atomic mass is 32.1. The number of para-hydroxylation sites is 2. The van der Waals surface area contributed by atoms with Gasteiger partial charge in [-0.2, -0.15) is 13.2 Å². The van der Waals surface area contributed by atoms with Crippen LogP contribution in [0.1, 0.15) is 47.8 Å². The maximum Gasteiger partial charge on any atom is 0.425 e. The Balaban J connectivity index is 1.46. The minimum atomic E-state index is -4.36. The molecule has 1 saturated carbocycles. The minimum absolute atomic E-state index is 0.0212. The molecule has 0 saturated heterocycles. The Morgan fingerprint density at radius 2 is 2.00 bits per heavy atom. The number of alkyl halides is 3. The summed E-state index contributed by atoms with van der Waals surface area (Å²) >= 11 is 0.692. The molecular formula is C20H20F3N3OS. The van der Waals surface area contributed by atoms with Crippen molar-refractivity contribution in [1.82, 2.24) is 15.3 Å². The van der Waals surface area contributed by atoms with Gasteiger partial charge in [0.15, 0.2) is 0 Å². The summed E-state index contributed by atoms with van der Waals surface area (Å²) in [5.41, 5.74) is 1.80. The third-order valence-electron chi connectivity index (χ3n) is 5.06. The summed E-state index contributed by atoms with van der Waals surface area (Å²) in [7, 11) is 0. The Kier molecular flexibility index (Phi) is 4.69. The lowest BCUT2D eigenvalue weighted by atomic mass is 10.0. The van der Waals surface area contributed by atoms with Gasteiger partial charge in [-0.3, -0.25) is 4.79 Å². The molecule has 8 heteroatoms. The summed E-state index contributed by atoms with van der Waals surface area (Å²) in [6.07, 6.45) is -3.67. The first-order valence-corrected chi connectivity index (χ1v) is 9.97. The van der Waals surface area contributed by atoms with Gasteiger partial charge in [-0.1, -0.05) is 26.0 Å². The molecule has 3 atom stereocenters. The predicted octanol–water partition coefficient (Wildman–Crippen LogP) is 5.26. The molecule has 1 fully saturated rings. The molecule has 1 aliphatic rings. The molecule has 28 heavy (non-hydrogen) atoms. The van der Waals surface area contributed by atoms with Gasteiger partial charge in [-0.25, -0.2) is 4.98 Å². The van der Waals surface area contributed by atoms with Crippen molar-refractivity contribution in [2.24, 2.45) is 11.8 Å². The monoisotopic (exact) mass is 407 g/mol. The van der Waals surface area contributed by atoms with E-state index in [0.29, 0.717) is 22.6 Å². The van der Waals surface area contributed by atoms with E-state index in [4.69, 9.17) is 0 Å². The largest absolute Gasteiger partial charge is 0.425 e. The Morgan fingerprint density at radius 3 is 2.64 bits per heavy atom. The second kappa shape index (κ2) is 6.92. The maximum absolute atomic E-state index is 12.9. The fourth-order valence-corrected chi connectivity index (χ4v) is 4.53. The molecule has 0 radical (unpaired) electrons. The number of aromatic amines is 1. The summed E-state index contributed by atoms with van der Waals surface area (Å²) in [4.78, 5) is 20.4. The zero-order chi connectivity index (χ0) is 20.1. The number of thiophene rings is 1. The van der Waals surface area contributed by atoms with Crippen LogP contribution in [0.4, 0.5) is 13.2 Å². The van der Waals surface area contributed by atoms with Crippen molar-refractivity contribution in [1.29, 1.82) is 0 Å². The third kappa shape index (κ3) is 3.65. The van der Waals surface area contributed by atoms with E-state index in [1.165, 1.54) is 6.07 Å². The van der Waals surface area contributed by atoms with Crippen LogP contribution in [0.3, 0.4) is 0 Å². The van der Waals surface area contributed by atoms with Crippen LogP contribution in [0, 0.1) is 11.8 Å². The number of hydrogen-bond acceptors (Lipinski definition) is 3. The molecule has 1 amide bonds. The molecule has 0 aliphatic heterocycles. The first-order chi connectivity index (χ1) is 13.2. The molecule has 4 rings (SSSR count). The van der Waals surface area contributed by atoms with Gasteiger partial charge in [0.25, 0.3) is 0 Å². The number of carbonyl (C=O) groups excluding carboxylic acids is 1. The highest BCUT2D eigenvalue weighted by Crippen LogP contribution is 2.47. The van der Waals surface area contributed by atoms with Crippen molar-refractivity contribution >= 4 is 28.3 Å². The van der Waals surface area contributed by atoms with Crippen LogP contribution in [0.25, 0.3) is 11.0 Å². The molecule has 0 bridgehead atoms. The molecule has 4 nitrogen and oxygen atoms in total. The third-order valence-corrected chi connectivity index (χ3v) is 6.28. The number of hydrogen-bond donors (Lipinski definition) is 2. The lowest BCUT2D eigenvalue weighted by Crippen LogP contribution is -2.32. The topological polar surface area (TPSA) is 57.8 Å². The zero-order valence-electron chi connectivity index (χ0n) is 15.4. The molecule has 1 aromatic carbocycles. The van der Waals surface area contributed by atoms with Gasteiger partial charge in [0.1, 0.15) is 10.7 Å². The average Bonchev–Trinajstić information content (AvgIpc) is 3.08. The van der Waals surface area contributed by atoms with Gasteiger partial charge in [0, 0.05) is 16.7 Å². The molecule has 2 aromatic heterocycles. The highest BCUT2D eigenvalue weighted by Gasteiger charge is 2.46. The Labute approximate surface area is 164 Å². The molecule has 148 valence electrons. The van der Waals surface area contributed by atoms with Gasteiger partial charge in [0.2, 0.25) is 5.91 Å². The summed E-state index contributed by atoms with van der Waals surface area (Å²) in [5, 5.41) is 2.96. The van der Waals surface area contributed by atoms with E-state index >= 15 is 0 Å². The number of aromatic nitrogens is 2. The number of rotatable bonds is 5. The number of nitrogens with zero attached hydrogens (tertiary/aromatic N) is 1. The number of nitrogens with one attached hydrogen (secondary N) is 2. The molecule has 0 spiro atoms. The van der Waals surface area contributed by atoms with Crippen molar-refractivity contribution in [2.45, 2.75) is 38.4 Å². The first-order valence-electron chi connectivity index (χ1n) is 9.16. The molecule has 1 unspecified atom stereocenters. The van der Waals surface area contributed by atoms with Crippen molar-refractivity contribution in [3.05, 3.63) is 52.0 Å². The predicted molar refractivity (Wildman–Crippen MR) is 102 cm³/mol. The van der Waals surface area contributed by atoms with Crippen LogP contribution < -0.4 is 5.32 Å². The Bertz CT molecular complexity index is 974. The normalized spacial score (nSPS) is 20.5. The minimum Gasteiger partial charge on any atom is -0.348 e. The van der Waals surface area contributed by atoms with Crippen LogP contribution in [0.15, 0.2) is 36.4 Å². The van der Waals surface area contributed by atoms with Crippen molar-refractivity contribution in [2.75, 3.05) is 0 Å². The van der Waals surface area contributed by atoms with Gasteiger partial charge < -0.3 is 10.3 Å². The van der Waals surface area contributed by atoms with E-state index in [2.05, 4.69) is 15.3 Å². The number of halogens is 3. The van der Waals surface area contributed by atoms with Gasteiger partial charge in [-0.05, 0) is 36.6 Å². The van der Waals surface area contributed by atoms with E-state index < -0.39 is 17.1 Å². The number of amides is 1. The fourth-order valence-electron chi connectivity index (χ4n) is 3.43. The van der Waals surface area contributed by atoms with Crippen LogP contribution in [-0.4, -0.2) is 15.9 Å². The average molecular weight is 407 g/mol. The van der Waals surface area contributed by atoms with Crippen molar-refractivity contribution in [3.63, 3.8) is 0 Å². The standard InChI is InChI=1S/C20H20F3N3OS/c1-10(2)17(15-7-8-16(28-15)20(21,22)23)26-19(27)12-9-11(12)18-24-13-5-3-4-6-14(13)25-18/h3-8,10-12,17H,9H2,1-2H3,(H,24,25)(H,26,27)/t11-,12-,17?/m0/s1. The lowest BCUT2D eigenvalue weighted by molar-refractivity contribution is -0.134. The van der Waals surface area contributed by atoms with Crippen LogP contribution >= 0.6 is 11.3 Å². The van der Waals surface area contributed by atoms with Crippen LogP contribution in [-0.2, 0) is 11.0 Å². The Morgan fingerprint density at radius 1 is 1.25 bits per heavy atom. The number of imidazole rings is 1. The second-order valence-corrected chi connectivity index (χ2v) is 8.63. The van der Waals surface area contributed by atoms with Crippen LogP contribution in [0.2, 0.25) is 0 Å². The summed E-state index contributed by atoms with van der Waals surface area (Å²) in [6, 6.07) is 9.78. The summed E-state index contributed by atoms with van der Waals surface area (Å²) in [6.45, 7) is 3.78. The number of H-pyrrole nitrogens is 1. The Hall–Kier alpha value is -2.35. The summed E-state index contributed by atoms with van der Waals surface area (Å²) < 4.78 is 38.7. The highest BCUT2D eigenvalue weighted by molar-refractivity contribution is 7.12. The SMILES string of the molecule is CC(C)C(NC(=O)[C@H]1C[C@@H]1c1nc2ccccc2[nH]1)c1ccc(C(F)(F)F)s1. The maximum atomic E-state index is 12.9. The molecule has 2 N–H and O–H groups in total. The quantitative estimate of drug-likeness (QED) is 0.606. The first kappa shape index (κ1) is 19.0. The summed E-state index contributed by atoms with van der Waals surface area (Å²) in [5.74, 6) is 0.453. The van der Waals surface area contributed by atoms with Gasteiger partial charge in [0.05, 0.1) is 17.1 Å². The zero-order valence-corrected chi connectivity index (χ0v) is 16.2. The second-order valence-electron chi connectivity index (χ2n) is 7.52. The van der Waals surface area contributed by atoms with Gasteiger partial charge in [-0.15, -0.1) is 11.3 Å². The van der Waals surface area contributed by atoms with E-state index in [0.717, 1.165) is 22.9 Å². The van der Waals surface area contributed by atoms with Crippen molar-refractivity contribution < 1.29 is 18.0 Å². The van der Waals surface area contributed by atoms with E-state index in [1.807, 2.05) is 38.1 Å². The fraction of sp³-hybridized carbons (Fsp3) is 0.400. The smallest absolute Gasteiger partial charge is 0.348 e. The molecule has 3 aromatic rings. The number of carbonyl (C=O) groups is 1. The number of benzene rings is 1. The molecular weight excluding hydrogens is 387 g/mol.